The highest BCUT2D eigenvalue weighted by molar-refractivity contribution is 6.22. The van der Waals surface area contributed by atoms with Crippen molar-refractivity contribution in [1.29, 1.82) is 5.26 Å². The lowest BCUT2D eigenvalue weighted by atomic mass is 10.3. The molecule has 0 aromatic heterocycles. The molecule has 0 amide bonds. The molecule has 1 unspecified atom stereocenters. The molecule has 46 valence electrons. The fourth-order valence-corrected chi connectivity index (χ4v) is 0.630. The second-order valence-electron chi connectivity index (χ2n) is 1.43. The van der Waals surface area contributed by atoms with Gasteiger partial charge in [0, 0.05) is 5.88 Å². The molecule has 1 atom stereocenters. The molecule has 1 nitrogen and oxygen atoms in total. The number of hydrogen-bond donors (Lipinski definition) is 0. The number of nitriles is 1. The molecule has 3 heteroatoms. The maximum atomic E-state index is 8.14. The Balaban J connectivity index is 3.02. The van der Waals surface area contributed by atoms with Crippen LogP contribution in [0.15, 0.2) is 0 Å². The van der Waals surface area contributed by atoms with E-state index in [9.17, 15) is 0 Å². The summed E-state index contributed by atoms with van der Waals surface area (Å²) in [4.78, 5) is 0. The zero-order valence-corrected chi connectivity index (χ0v) is 5.91. The van der Waals surface area contributed by atoms with Crippen LogP contribution in [0, 0.1) is 11.3 Å². The topological polar surface area (TPSA) is 23.8 Å². The molecule has 0 radical (unpaired) electrons. The SMILES string of the molecule is N#CC(Cl)CCCCl. The second-order valence-corrected chi connectivity index (χ2v) is 2.33. The minimum atomic E-state index is -0.353. The molecule has 0 spiro atoms. The van der Waals surface area contributed by atoms with E-state index in [0.29, 0.717) is 12.3 Å². The van der Waals surface area contributed by atoms with Gasteiger partial charge in [-0.2, -0.15) is 5.26 Å². The first-order valence-electron chi connectivity index (χ1n) is 2.41. The van der Waals surface area contributed by atoms with Gasteiger partial charge in [-0.05, 0) is 12.8 Å². The van der Waals surface area contributed by atoms with Gasteiger partial charge in [-0.15, -0.1) is 23.2 Å². The maximum absolute atomic E-state index is 8.14. The van der Waals surface area contributed by atoms with Crippen molar-refractivity contribution in [3.05, 3.63) is 0 Å². The van der Waals surface area contributed by atoms with Crippen molar-refractivity contribution >= 4 is 23.2 Å². The van der Waals surface area contributed by atoms with Crippen molar-refractivity contribution in [2.24, 2.45) is 0 Å². The Kier molecular flexibility index (Phi) is 5.26. The lowest BCUT2D eigenvalue weighted by Gasteiger charge is -1.93. The van der Waals surface area contributed by atoms with Crippen LogP contribution >= 0.6 is 23.2 Å². The van der Waals surface area contributed by atoms with Crippen LogP contribution in [0.2, 0.25) is 0 Å². The van der Waals surface area contributed by atoms with Gasteiger partial charge in [-0.1, -0.05) is 0 Å². The average Bonchev–Trinajstić information content (AvgIpc) is 1.83. The molecule has 0 aliphatic heterocycles. The number of nitrogens with zero attached hydrogens (tertiary/aromatic N) is 1. The summed E-state index contributed by atoms with van der Waals surface area (Å²) in [5.41, 5.74) is 0. The van der Waals surface area contributed by atoms with E-state index in [0.717, 1.165) is 6.42 Å². The molecule has 0 aromatic rings. The Hall–Kier alpha value is 0.0700. The number of rotatable bonds is 3. The summed E-state index contributed by atoms with van der Waals surface area (Å²) >= 11 is 10.8. The maximum Gasteiger partial charge on any atom is 0.120 e. The first kappa shape index (κ1) is 8.07. The van der Waals surface area contributed by atoms with Crippen molar-refractivity contribution in [1.82, 2.24) is 0 Å². The molecule has 0 rings (SSSR count). The van der Waals surface area contributed by atoms with Gasteiger partial charge in [0.1, 0.15) is 5.38 Å². The van der Waals surface area contributed by atoms with E-state index in [2.05, 4.69) is 0 Å². The molecule has 8 heavy (non-hydrogen) atoms. The van der Waals surface area contributed by atoms with Crippen LogP contribution in [-0.2, 0) is 0 Å². The Morgan fingerprint density at radius 2 is 2.25 bits per heavy atom. The van der Waals surface area contributed by atoms with Crippen LogP contribution in [0.5, 0.6) is 0 Å². The van der Waals surface area contributed by atoms with Crippen molar-refractivity contribution < 1.29 is 0 Å². The average molecular weight is 152 g/mol. The normalized spacial score (nSPS) is 12.6. The van der Waals surface area contributed by atoms with E-state index in [-0.39, 0.29) is 5.38 Å². The quantitative estimate of drug-likeness (QED) is 0.568. The summed E-state index contributed by atoms with van der Waals surface area (Å²) in [6, 6.07) is 1.91. The van der Waals surface area contributed by atoms with Crippen LogP contribution in [-0.4, -0.2) is 11.3 Å². The Morgan fingerprint density at radius 1 is 1.62 bits per heavy atom. The summed E-state index contributed by atoms with van der Waals surface area (Å²) in [5, 5.41) is 7.78. The number of hydrogen-bond acceptors (Lipinski definition) is 1. The summed E-state index contributed by atoms with van der Waals surface area (Å²) in [6.07, 6.45) is 1.52. The Morgan fingerprint density at radius 3 is 2.62 bits per heavy atom. The molecule has 0 aromatic carbocycles. The number of halogens is 2. The molecular weight excluding hydrogens is 145 g/mol. The third kappa shape index (κ3) is 4.23. The van der Waals surface area contributed by atoms with Gasteiger partial charge in [-0.3, -0.25) is 0 Å². The highest BCUT2D eigenvalue weighted by atomic mass is 35.5. The van der Waals surface area contributed by atoms with Gasteiger partial charge in [0.15, 0.2) is 0 Å². The zero-order valence-electron chi connectivity index (χ0n) is 4.40. The predicted octanol–water partition coefficient (Wildman–Crippen LogP) is 2.14. The minimum Gasteiger partial charge on any atom is -0.197 e. The minimum absolute atomic E-state index is 0.353. The molecule has 0 heterocycles. The van der Waals surface area contributed by atoms with Gasteiger partial charge < -0.3 is 0 Å². The van der Waals surface area contributed by atoms with E-state index < -0.39 is 0 Å². The van der Waals surface area contributed by atoms with Crippen LogP contribution in [0.25, 0.3) is 0 Å². The lowest BCUT2D eigenvalue weighted by Crippen LogP contribution is -1.92. The van der Waals surface area contributed by atoms with E-state index in [1.54, 1.807) is 0 Å². The van der Waals surface area contributed by atoms with Gasteiger partial charge in [0.2, 0.25) is 0 Å². The van der Waals surface area contributed by atoms with E-state index in [1.807, 2.05) is 6.07 Å². The summed E-state index contributed by atoms with van der Waals surface area (Å²) in [7, 11) is 0. The summed E-state index contributed by atoms with van der Waals surface area (Å²) in [5.74, 6) is 0.588. The molecule has 0 aliphatic carbocycles. The van der Waals surface area contributed by atoms with Gasteiger partial charge in [0.05, 0.1) is 6.07 Å². The van der Waals surface area contributed by atoms with Crippen molar-refractivity contribution in [2.75, 3.05) is 5.88 Å². The molecule has 0 aliphatic rings. The predicted molar refractivity (Wildman–Crippen MR) is 35.2 cm³/mol. The van der Waals surface area contributed by atoms with Crippen LogP contribution < -0.4 is 0 Å². The molecule has 0 saturated carbocycles. The fourth-order valence-electron chi connectivity index (χ4n) is 0.321. The number of alkyl halides is 2. The Labute approximate surface area is 59.2 Å². The van der Waals surface area contributed by atoms with Crippen molar-refractivity contribution in [3.63, 3.8) is 0 Å². The monoisotopic (exact) mass is 151 g/mol. The molecule has 0 fully saturated rings. The molecule has 0 bridgehead atoms. The molecule has 0 N–H and O–H groups in total. The third-order valence-electron chi connectivity index (χ3n) is 0.731. The fraction of sp³-hybridized carbons (Fsp3) is 0.800. The van der Waals surface area contributed by atoms with Crippen molar-refractivity contribution in [2.45, 2.75) is 18.2 Å². The summed E-state index contributed by atoms with van der Waals surface area (Å²) < 4.78 is 0. The zero-order chi connectivity index (χ0) is 6.41. The highest BCUT2D eigenvalue weighted by Gasteiger charge is 1.98. The highest BCUT2D eigenvalue weighted by Crippen LogP contribution is 2.03. The van der Waals surface area contributed by atoms with Gasteiger partial charge in [-0.25, -0.2) is 0 Å². The van der Waals surface area contributed by atoms with Crippen LogP contribution in [0.3, 0.4) is 0 Å². The van der Waals surface area contributed by atoms with E-state index in [1.165, 1.54) is 0 Å². The third-order valence-corrected chi connectivity index (χ3v) is 1.31. The molecule has 0 saturated heterocycles. The smallest absolute Gasteiger partial charge is 0.120 e. The van der Waals surface area contributed by atoms with Crippen molar-refractivity contribution in [3.8, 4) is 6.07 Å². The van der Waals surface area contributed by atoms with Gasteiger partial charge in [0.25, 0.3) is 0 Å². The lowest BCUT2D eigenvalue weighted by molar-refractivity contribution is 0.833. The van der Waals surface area contributed by atoms with Crippen LogP contribution in [0.1, 0.15) is 12.8 Å². The standard InChI is InChI=1S/C5H7Cl2N/c6-3-1-2-5(7)4-8/h5H,1-3H2. The largest absolute Gasteiger partial charge is 0.197 e. The first-order chi connectivity index (χ1) is 3.81. The van der Waals surface area contributed by atoms with E-state index >= 15 is 0 Å². The Bertz CT molecular complexity index is 86.9. The first-order valence-corrected chi connectivity index (χ1v) is 3.38. The van der Waals surface area contributed by atoms with E-state index in [4.69, 9.17) is 28.5 Å². The molecular formula is C5H7Cl2N. The van der Waals surface area contributed by atoms with Gasteiger partial charge >= 0.3 is 0 Å². The summed E-state index contributed by atoms with van der Waals surface area (Å²) in [6.45, 7) is 0. The van der Waals surface area contributed by atoms with Crippen LogP contribution in [0.4, 0.5) is 0 Å². The second kappa shape index (κ2) is 5.21.